The van der Waals surface area contributed by atoms with Crippen LogP contribution in [-0.2, 0) is 6.42 Å². The molecule has 0 amide bonds. The molecule has 0 aliphatic rings. The first-order chi connectivity index (χ1) is 7.24. The molecule has 3 heteroatoms. The van der Waals surface area contributed by atoms with Gasteiger partial charge in [-0.1, -0.05) is 38.3 Å². The predicted molar refractivity (Wildman–Crippen MR) is 62.4 cm³/mol. The molecule has 0 spiro atoms. The van der Waals surface area contributed by atoms with Crippen molar-refractivity contribution in [3.05, 3.63) is 35.4 Å². The Bertz CT molecular complexity index is 312. The van der Waals surface area contributed by atoms with Gasteiger partial charge in [0.25, 0.3) is 0 Å². The maximum atomic E-state index is 10.6. The van der Waals surface area contributed by atoms with E-state index in [0.717, 1.165) is 6.42 Å². The van der Waals surface area contributed by atoms with E-state index in [1.165, 1.54) is 31.2 Å². The van der Waals surface area contributed by atoms with Crippen LogP contribution in [0.5, 0.6) is 0 Å². The third kappa shape index (κ3) is 5.69. The molecule has 0 heterocycles. The van der Waals surface area contributed by atoms with Gasteiger partial charge in [-0.3, -0.25) is 0 Å². The molecule has 0 aliphatic heterocycles. The fourth-order valence-corrected chi connectivity index (χ4v) is 1.57. The number of hydrogen-bond donors (Lipinski definition) is 1. The van der Waals surface area contributed by atoms with Gasteiger partial charge in [0.1, 0.15) is 0 Å². The fourth-order valence-electron chi connectivity index (χ4n) is 1.57. The normalized spacial score (nSPS) is 9.56. The van der Waals surface area contributed by atoms with E-state index >= 15 is 0 Å². The average Bonchev–Trinajstić information content (AvgIpc) is 2.25. The minimum absolute atomic E-state index is 0. The van der Waals surface area contributed by atoms with Crippen molar-refractivity contribution in [2.24, 2.45) is 0 Å². The zero-order valence-corrected chi connectivity index (χ0v) is 12.2. The van der Waals surface area contributed by atoms with E-state index in [2.05, 4.69) is 6.92 Å². The Morgan fingerprint density at radius 2 is 1.81 bits per heavy atom. The van der Waals surface area contributed by atoms with Crippen molar-refractivity contribution in [2.75, 3.05) is 0 Å². The van der Waals surface area contributed by atoms with Crippen molar-refractivity contribution in [3.63, 3.8) is 0 Å². The molecule has 0 bridgehead atoms. The van der Waals surface area contributed by atoms with Gasteiger partial charge in [0.15, 0.2) is 0 Å². The van der Waals surface area contributed by atoms with Crippen LogP contribution in [0.4, 0.5) is 0 Å². The Kier molecular flexibility index (Phi) is 8.63. The van der Waals surface area contributed by atoms with E-state index in [9.17, 15) is 4.79 Å². The molecule has 16 heavy (non-hydrogen) atoms. The van der Waals surface area contributed by atoms with E-state index in [1.54, 1.807) is 12.1 Å². The second-order valence-corrected chi connectivity index (χ2v) is 3.81. The zero-order chi connectivity index (χ0) is 11.1. The molecule has 0 saturated heterocycles. The molecule has 0 atom stereocenters. The minimum Gasteiger partial charge on any atom is -1.00 e. The number of carbonyl (C=O) groups is 1. The summed E-state index contributed by atoms with van der Waals surface area (Å²) in [5.74, 6) is -0.854. The molecule has 1 N–H and O–H groups in total. The van der Waals surface area contributed by atoms with E-state index in [-0.39, 0.29) is 31.0 Å². The van der Waals surface area contributed by atoms with Crippen molar-refractivity contribution in [1.29, 1.82) is 0 Å². The van der Waals surface area contributed by atoms with E-state index < -0.39 is 5.97 Å². The maximum absolute atomic E-state index is 10.6. The van der Waals surface area contributed by atoms with Crippen LogP contribution in [0.3, 0.4) is 0 Å². The Morgan fingerprint density at radius 1 is 1.19 bits per heavy atom. The van der Waals surface area contributed by atoms with Crippen LogP contribution in [-0.4, -0.2) is 11.1 Å². The average molecular weight is 230 g/mol. The summed E-state index contributed by atoms with van der Waals surface area (Å²) in [6.07, 6.45) is 6.04. The van der Waals surface area contributed by atoms with E-state index in [4.69, 9.17) is 5.11 Å². The van der Waals surface area contributed by atoms with Gasteiger partial charge in [-0.15, -0.1) is 0 Å². The second-order valence-electron chi connectivity index (χ2n) is 3.81. The Balaban J connectivity index is 0. The summed E-state index contributed by atoms with van der Waals surface area (Å²) in [5.41, 5.74) is 1.60. The van der Waals surface area contributed by atoms with Crippen LogP contribution in [0.1, 0.15) is 50.0 Å². The molecular formula is C13H19NaO2. The van der Waals surface area contributed by atoms with Gasteiger partial charge < -0.3 is 6.53 Å². The maximum Gasteiger partial charge on any atom is 1.00 e. The van der Waals surface area contributed by atoms with Gasteiger partial charge in [0.2, 0.25) is 0 Å². The zero-order valence-electron chi connectivity index (χ0n) is 11.2. The molecule has 0 radical (unpaired) electrons. The van der Waals surface area contributed by atoms with E-state index in [0.29, 0.717) is 5.56 Å². The number of benzene rings is 1. The molecular weight excluding hydrogens is 211 g/mol. The first kappa shape index (κ1) is 15.7. The Labute approximate surface area is 121 Å². The summed E-state index contributed by atoms with van der Waals surface area (Å²) < 4.78 is 0. The van der Waals surface area contributed by atoms with Crippen molar-refractivity contribution in [1.82, 2.24) is 0 Å². The SMILES string of the molecule is CCCCCCc1ccc(C(=O)O)cc1.[H-].[Na+]. The Hall–Kier alpha value is -0.310. The number of carboxylic acids is 1. The molecule has 0 unspecified atom stereocenters. The van der Waals surface area contributed by atoms with Crippen molar-refractivity contribution >= 4 is 5.97 Å². The predicted octanol–water partition coefficient (Wildman–Crippen LogP) is 0.624. The van der Waals surface area contributed by atoms with Crippen LogP contribution in [0, 0.1) is 0 Å². The quantitative estimate of drug-likeness (QED) is 0.575. The van der Waals surface area contributed by atoms with Gasteiger partial charge in [-0.2, -0.15) is 0 Å². The topological polar surface area (TPSA) is 37.3 Å². The van der Waals surface area contributed by atoms with Gasteiger partial charge in [0.05, 0.1) is 5.56 Å². The van der Waals surface area contributed by atoms with Gasteiger partial charge in [-0.25, -0.2) is 4.79 Å². The minimum atomic E-state index is -0.854. The molecule has 1 aromatic carbocycles. The summed E-state index contributed by atoms with van der Waals surface area (Å²) in [6, 6.07) is 7.18. The van der Waals surface area contributed by atoms with Crippen LogP contribution in [0.25, 0.3) is 0 Å². The number of aromatic carboxylic acids is 1. The molecule has 1 aromatic rings. The summed E-state index contributed by atoms with van der Waals surface area (Å²) in [4.78, 5) is 10.6. The fraction of sp³-hybridized carbons (Fsp3) is 0.462. The van der Waals surface area contributed by atoms with Crippen molar-refractivity contribution < 1.29 is 40.9 Å². The van der Waals surface area contributed by atoms with Gasteiger partial charge in [0, 0.05) is 0 Å². The van der Waals surface area contributed by atoms with Gasteiger partial charge >= 0.3 is 35.5 Å². The van der Waals surface area contributed by atoms with Crippen LogP contribution >= 0.6 is 0 Å². The summed E-state index contributed by atoms with van der Waals surface area (Å²) in [7, 11) is 0. The molecule has 2 nitrogen and oxygen atoms in total. The summed E-state index contributed by atoms with van der Waals surface area (Å²) in [5, 5.41) is 8.72. The first-order valence-electron chi connectivity index (χ1n) is 5.56. The van der Waals surface area contributed by atoms with Crippen LogP contribution in [0.15, 0.2) is 24.3 Å². The smallest absolute Gasteiger partial charge is 1.00 e. The monoisotopic (exact) mass is 230 g/mol. The number of carboxylic acid groups (broad SMARTS) is 1. The number of aryl methyl sites for hydroxylation is 1. The second kappa shape index (κ2) is 8.80. The standard InChI is InChI=1S/C13H18O2.Na.H/c1-2-3-4-5-6-11-7-9-12(10-8-11)13(14)15;;/h7-10H,2-6H2,1H3,(H,14,15);;/q;+1;-1. The van der Waals surface area contributed by atoms with Crippen molar-refractivity contribution in [3.8, 4) is 0 Å². The molecule has 0 aromatic heterocycles. The number of rotatable bonds is 6. The third-order valence-corrected chi connectivity index (χ3v) is 2.52. The number of hydrogen-bond acceptors (Lipinski definition) is 1. The molecule has 0 saturated carbocycles. The van der Waals surface area contributed by atoms with Crippen LogP contribution < -0.4 is 29.6 Å². The number of unbranched alkanes of at least 4 members (excludes halogenated alkanes) is 3. The first-order valence-corrected chi connectivity index (χ1v) is 5.56. The van der Waals surface area contributed by atoms with Gasteiger partial charge in [-0.05, 0) is 30.5 Å². The summed E-state index contributed by atoms with van der Waals surface area (Å²) >= 11 is 0. The largest absolute Gasteiger partial charge is 1.00 e. The molecule has 0 aliphatic carbocycles. The van der Waals surface area contributed by atoms with Crippen molar-refractivity contribution in [2.45, 2.75) is 39.0 Å². The van der Waals surface area contributed by atoms with E-state index in [1.807, 2.05) is 12.1 Å². The molecule has 0 fully saturated rings. The molecule has 1 rings (SSSR count). The third-order valence-electron chi connectivity index (χ3n) is 2.52. The molecule has 84 valence electrons. The Morgan fingerprint density at radius 3 is 2.31 bits per heavy atom. The van der Waals surface area contributed by atoms with Crippen LogP contribution in [0.2, 0.25) is 0 Å². The summed E-state index contributed by atoms with van der Waals surface area (Å²) in [6.45, 7) is 2.20.